The Kier molecular flexibility index (Phi) is 3.79. The standard InChI is InChI=1S/C9H17N5O/c1-6(2)8(10)9(15)11-4-7-12-5-14(3)13-7/h5-6,8H,4,10H2,1-3H3,(H,11,15)/t8-/m1/s1. The number of amides is 1. The molecule has 1 amide bonds. The van der Waals surface area contributed by atoms with E-state index in [9.17, 15) is 4.79 Å². The summed E-state index contributed by atoms with van der Waals surface area (Å²) in [5.41, 5.74) is 5.67. The highest BCUT2D eigenvalue weighted by atomic mass is 16.2. The lowest BCUT2D eigenvalue weighted by atomic mass is 10.1. The zero-order chi connectivity index (χ0) is 11.4. The number of nitrogens with two attached hydrogens (primary N) is 1. The van der Waals surface area contributed by atoms with Gasteiger partial charge < -0.3 is 11.1 Å². The van der Waals surface area contributed by atoms with Crippen molar-refractivity contribution >= 4 is 5.91 Å². The molecule has 0 aliphatic rings. The van der Waals surface area contributed by atoms with Crippen molar-refractivity contribution in [2.24, 2.45) is 18.7 Å². The fourth-order valence-electron chi connectivity index (χ4n) is 1.05. The first-order chi connectivity index (χ1) is 7.00. The van der Waals surface area contributed by atoms with Gasteiger partial charge in [-0.25, -0.2) is 4.98 Å². The minimum absolute atomic E-state index is 0.127. The molecule has 6 nitrogen and oxygen atoms in total. The van der Waals surface area contributed by atoms with Crippen molar-refractivity contribution < 1.29 is 4.79 Å². The van der Waals surface area contributed by atoms with Crippen LogP contribution in [-0.2, 0) is 18.4 Å². The molecule has 1 aromatic rings. The zero-order valence-corrected chi connectivity index (χ0v) is 9.27. The molecule has 84 valence electrons. The van der Waals surface area contributed by atoms with Crippen LogP contribution in [0.3, 0.4) is 0 Å². The lowest BCUT2D eigenvalue weighted by Gasteiger charge is -2.14. The molecule has 6 heteroatoms. The first-order valence-electron chi connectivity index (χ1n) is 4.88. The maximum atomic E-state index is 11.5. The molecular weight excluding hydrogens is 194 g/mol. The molecule has 0 aliphatic heterocycles. The number of nitrogens with zero attached hydrogens (tertiary/aromatic N) is 3. The van der Waals surface area contributed by atoms with Crippen molar-refractivity contribution in [1.29, 1.82) is 0 Å². The highest BCUT2D eigenvalue weighted by Crippen LogP contribution is 1.98. The average molecular weight is 211 g/mol. The minimum Gasteiger partial charge on any atom is -0.347 e. The Morgan fingerprint density at radius 1 is 1.67 bits per heavy atom. The quantitative estimate of drug-likeness (QED) is 0.697. The van der Waals surface area contributed by atoms with E-state index in [0.29, 0.717) is 12.4 Å². The van der Waals surface area contributed by atoms with Gasteiger partial charge in [-0.1, -0.05) is 13.8 Å². The number of carbonyl (C=O) groups is 1. The molecule has 0 aromatic carbocycles. The molecule has 1 heterocycles. The summed E-state index contributed by atoms with van der Waals surface area (Å²) in [5.74, 6) is 0.543. The van der Waals surface area contributed by atoms with Gasteiger partial charge in [-0.15, -0.1) is 0 Å². The number of aryl methyl sites for hydroxylation is 1. The van der Waals surface area contributed by atoms with Crippen molar-refractivity contribution in [2.75, 3.05) is 0 Å². The smallest absolute Gasteiger partial charge is 0.237 e. The van der Waals surface area contributed by atoms with Gasteiger partial charge in [0.25, 0.3) is 0 Å². The lowest BCUT2D eigenvalue weighted by molar-refractivity contribution is -0.123. The number of rotatable bonds is 4. The van der Waals surface area contributed by atoms with E-state index in [1.165, 1.54) is 0 Å². The summed E-state index contributed by atoms with van der Waals surface area (Å²) in [6.45, 7) is 4.13. The maximum Gasteiger partial charge on any atom is 0.237 e. The summed E-state index contributed by atoms with van der Waals surface area (Å²) < 4.78 is 1.59. The molecule has 3 N–H and O–H groups in total. The first-order valence-corrected chi connectivity index (χ1v) is 4.88. The monoisotopic (exact) mass is 211 g/mol. The van der Waals surface area contributed by atoms with E-state index < -0.39 is 6.04 Å². The highest BCUT2D eigenvalue weighted by Gasteiger charge is 2.16. The van der Waals surface area contributed by atoms with Crippen molar-refractivity contribution in [2.45, 2.75) is 26.4 Å². The van der Waals surface area contributed by atoms with Gasteiger partial charge in [0.2, 0.25) is 5.91 Å². The summed E-state index contributed by atoms with van der Waals surface area (Å²) >= 11 is 0. The number of carbonyl (C=O) groups excluding carboxylic acids is 1. The van der Waals surface area contributed by atoms with Crippen molar-refractivity contribution in [1.82, 2.24) is 20.1 Å². The van der Waals surface area contributed by atoms with Gasteiger partial charge in [0.15, 0.2) is 5.82 Å². The van der Waals surface area contributed by atoms with Gasteiger partial charge in [0.05, 0.1) is 12.6 Å². The number of nitrogens with one attached hydrogen (secondary N) is 1. The Labute approximate surface area is 88.9 Å². The number of hydrogen-bond donors (Lipinski definition) is 2. The summed E-state index contributed by atoms with van der Waals surface area (Å²) in [6.07, 6.45) is 1.59. The third kappa shape index (κ3) is 3.32. The SMILES string of the molecule is CC(C)[C@@H](N)C(=O)NCc1ncn(C)n1. The first kappa shape index (κ1) is 11.6. The Morgan fingerprint density at radius 2 is 2.33 bits per heavy atom. The van der Waals surface area contributed by atoms with Crippen LogP contribution in [0.15, 0.2) is 6.33 Å². The van der Waals surface area contributed by atoms with E-state index in [1.807, 2.05) is 13.8 Å². The van der Waals surface area contributed by atoms with Crippen LogP contribution in [0.5, 0.6) is 0 Å². The van der Waals surface area contributed by atoms with E-state index in [4.69, 9.17) is 5.73 Å². The molecule has 0 spiro atoms. The van der Waals surface area contributed by atoms with Crippen LogP contribution in [-0.4, -0.2) is 26.7 Å². The van der Waals surface area contributed by atoms with Crippen LogP contribution >= 0.6 is 0 Å². The van der Waals surface area contributed by atoms with E-state index in [0.717, 1.165) is 0 Å². The Balaban J connectivity index is 2.40. The fourth-order valence-corrected chi connectivity index (χ4v) is 1.05. The lowest BCUT2D eigenvalue weighted by Crippen LogP contribution is -2.43. The fraction of sp³-hybridized carbons (Fsp3) is 0.667. The second kappa shape index (κ2) is 4.88. The molecule has 0 saturated heterocycles. The molecule has 1 atom stereocenters. The molecule has 0 radical (unpaired) electrons. The molecule has 1 aromatic heterocycles. The van der Waals surface area contributed by atoms with Crippen molar-refractivity contribution in [3.63, 3.8) is 0 Å². The maximum absolute atomic E-state index is 11.5. The second-order valence-electron chi connectivity index (χ2n) is 3.82. The summed E-state index contributed by atoms with van der Waals surface area (Å²) in [4.78, 5) is 15.5. The predicted molar refractivity (Wildman–Crippen MR) is 55.7 cm³/mol. The van der Waals surface area contributed by atoms with E-state index >= 15 is 0 Å². The molecule has 0 saturated carbocycles. The topological polar surface area (TPSA) is 85.8 Å². The normalized spacial score (nSPS) is 12.9. The van der Waals surface area contributed by atoms with Crippen LogP contribution in [0.1, 0.15) is 19.7 Å². The van der Waals surface area contributed by atoms with Gasteiger partial charge in [-0.05, 0) is 5.92 Å². The Bertz CT molecular complexity index is 333. The van der Waals surface area contributed by atoms with Crippen LogP contribution < -0.4 is 11.1 Å². The Morgan fingerprint density at radius 3 is 2.80 bits per heavy atom. The zero-order valence-electron chi connectivity index (χ0n) is 9.27. The number of hydrogen-bond acceptors (Lipinski definition) is 4. The number of aromatic nitrogens is 3. The van der Waals surface area contributed by atoms with Gasteiger partial charge in [-0.3, -0.25) is 9.48 Å². The molecule has 0 unspecified atom stereocenters. The largest absolute Gasteiger partial charge is 0.347 e. The predicted octanol–water partition coefficient (Wildman–Crippen LogP) is -0.585. The molecular formula is C9H17N5O. The van der Waals surface area contributed by atoms with Crippen LogP contribution in [0.2, 0.25) is 0 Å². The molecule has 15 heavy (non-hydrogen) atoms. The minimum atomic E-state index is -0.478. The summed E-state index contributed by atoms with van der Waals surface area (Å²) in [5, 5.41) is 6.73. The third-order valence-electron chi connectivity index (χ3n) is 2.09. The highest BCUT2D eigenvalue weighted by molar-refractivity contribution is 5.81. The molecule has 1 rings (SSSR count). The van der Waals surface area contributed by atoms with Crippen LogP contribution in [0.25, 0.3) is 0 Å². The third-order valence-corrected chi connectivity index (χ3v) is 2.09. The van der Waals surface area contributed by atoms with Gasteiger partial charge in [0.1, 0.15) is 6.33 Å². The van der Waals surface area contributed by atoms with Crippen LogP contribution in [0, 0.1) is 5.92 Å². The second-order valence-corrected chi connectivity index (χ2v) is 3.82. The Hall–Kier alpha value is -1.43. The van der Waals surface area contributed by atoms with Crippen LogP contribution in [0.4, 0.5) is 0 Å². The van der Waals surface area contributed by atoms with E-state index in [-0.39, 0.29) is 11.8 Å². The van der Waals surface area contributed by atoms with Crippen molar-refractivity contribution in [3.8, 4) is 0 Å². The summed E-state index contributed by atoms with van der Waals surface area (Å²) in [6, 6.07) is -0.478. The van der Waals surface area contributed by atoms with Crippen molar-refractivity contribution in [3.05, 3.63) is 12.2 Å². The molecule has 0 fully saturated rings. The summed E-state index contributed by atoms with van der Waals surface area (Å²) in [7, 11) is 1.78. The molecule has 0 aliphatic carbocycles. The van der Waals surface area contributed by atoms with E-state index in [1.54, 1.807) is 18.1 Å². The van der Waals surface area contributed by atoms with Gasteiger partial charge >= 0.3 is 0 Å². The van der Waals surface area contributed by atoms with Gasteiger partial charge in [0, 0.05) is 7.05 Å². The van der Waals surface area contributed by atoms with Gasteiger partial charge in [-0.2, -0.15) is 5.10 Å². The van der Waals surface area contributed by atoms with E-state index in [2.05, 4.69) is 15.4 Å². The molecule has 0 bridgehead atoms. The average Bonchev–Trinajstić information content (AvgIpc) is 2.59.